The topological polar surface area (TPSA) is 102 Å². The molecular formula is C32H38N2O7. The lowest BCUT2D eigenvalue weighted by Gasteiger charge is -2.37. The van der Waals surface area contributed by atoms with E-state index in [1.165, 1.54) is 4.90 Å². The number of rotatable bonds is 10. The van der Waals surface area contributed by atoms with E-state index in [0.717, 1.165) is 11.1 Å². The summed E-state index contributed by atoms with van der Waals surface area (Å²) in [4.78, 5) is 55.0. The Morgan fingerprint density at radius 3 is 2.34 bits per heavy atom. The lowest BCUT2D eigenvalue weighted by atomic mass is 9.83. The van der Waals surface area contributed by atoms with Gasteiger partial charge in [0.25, 0.3) is 0 Å². The van der Waals surface area contributed by atoms with Crippen molar-refractivity contribution in [1.29, 1.82) is 0 Å². The van der Waals surface area contributed by atoms with Gasteiger partial charge in [0.05, 0.1) is 24.7 Å². The lowest BCUT2D eigenvalue weighted by Crippen LogP contribution is -2.49. The van der Waals surface area contributed by atoms with Gasteiger partial charge in [0.1, 0.15) is 18.9 Å². The Morgan fingerprint density at radius 2 is 1.66 bits per heavy atom. The van der Waals surface area contributed by atoms with E-state index in [-0.39, 0.29) is 56.4 Å². The Kier molecular flexibility index (Phi) is 10.2. The Bertz CT molecular complexity index is 1270. The normalized spacial score (nSPS) is 19.1. The van der Waals surface area contributed by atoms with Crippen molar-refractivity contribution in [3.8, 4) is 5.75 Å². The zero-order chi connectivity index (χ0) is 29.4. The van der Waals surface area contributed by atoms with Crippen LogP contribution in [0, 0.1) is 5.92 Å². The minimum Gasteiger partial charge on any atom is -0.489 e. The van der Waals surface area contributed by atoms with Gasteiger partial charge < -0.3 is 24.0 Å². The molecule has 9 nitrogen and oxygen atoms in total. The monoisotopic (exact) mass is 562 g/mol. The number of piperidine rings is 1. The van der Waals surface area contributed by atoms with Crippen LogP contribution in [0.5, 0.6) is 5.75 Å². The minimum atomic E-state index is -0.515. The maximum atomic E-state index is 13.4. The van der Waals surface area contributed by atoms with Gasteiger partial charge in [-0.25, -0.2) is 4.79 Å². The third-order valence-corrected chi connectivity index (χ3v) is 7.54. The summed E-state index contributed by atoms with van der Waals surface area (Å²) in [6.45, 7) is 6.62. The summed E-state index contributed by atoms with van der Waals surface area (Å²) in [5.74, 6) is -1.55. The second kappa shape index (κ2) is 14.0. The average Bonchev–Trinajstić information content (AvgIpc) is 2.99. The Hall–Kier alpha value is -4.14. The lowest BCUT2D eigenvalue weighted by molar-refractivity contribution is -0.152. The molecule has 41 heavy (non-hydrogen) atoms. The van der Waals surface area contributed by atoms with Crippen molar-refractivity contribution in [2.75, 3.05) is 32.8 Å². The number of benzene rings is 2. The second-order valence-electron chi connectivity index (χ2n) is 10.2. The highest BCUT2D eigenvalue weighted by atomic mass is 16.5. The number of likely N-dealkylation sites (tertiary alicyclic amines) is 1. The summed E-state index contributed by atoms with van der Waals surface area (Å²) in [5, 5.41) is 0. The highest BCUT2D eigenvalue weighted by Crippen LogP contribution is 2.38. The Labute approximate surface area is 241 Å². The molecule has 0 N–H and O–H groups in total. The van der Waals surface area contributed by atoms with Crippen LogP contribution in [-0.2, 0) is 35.3 Å². The first kappa shape index (κ1) is 29.8. The van der Waals surface area contributed by atoms with Crippen LogP contribution in [0.15, 0.2) is 65.9 Å². The quantitative estimate of drug-likeness (QED) is 0.400. The fourth-order valence-corrected chi connectivity index (χ4v) is 5.39. The fraction of sp³-hybridized carbons (Fsp3) is 0.438. The van der Waals surface area contributed by atoms with Gasteiger partial charge in [-0.3, -0.25) is 14.4 Å². The van der Waals surface area contributed by atoms with Gasteiger partial charge in [-0.1, -0.05) is 42.5 Å². The van der Waals surface area contributed by atoms with Crippen molar-refractivity contribution in [3.63, 3.8) is 0 Å². The Balaban J connectivity index is 1.51. The van der Waals surface area contributed by atoms with Crippen molar-refractivity contribution in [2.45, 2.75) is 52.6 Å². The SMILES string of the molecule is CCOC(=O)C1=C(C)N(CC(=O)N2CCCC(C(=O)OCC)C2)C(=O)CC1c1ccc(OCc2ccccc2)cc1. The van der Waals surface area contributed by atoms with Crippen LogP contribution >= 0.6 is 0 Å². The summed E-state index contributed by atoms with van der Waals surface area (Å²) < 4.78 is 16.4. The van der Waals surface area contributed by atoms with Crippen LogP contribution in [-0.4, -0.2) is 66.4 Å². The highest BCUT2D eigenvalue weighted by molar-refractivity contribution is 5.97. The molecule has 1 fully saturated rings. The molecule has 2 aliphatic heterocycles. The summed E-state index contributed by atoms with van der Waals surface area (Å²) in [6.07, 6.45) is 1.36. The molecule has 2 aromatic carbocycles. The minimum absolute atomic E-state index is 0.0223. The number of ether oxygens (including phenoxy) is 3. The summed E-state index contributed by atoms with van der Waals surface area (Å²) >= 11 is 0. The van der Waals surface area contributed by atoms with Crippen LogP contribution in [0.1, 0.15) is 57.1 Å². The second-order valence-corrected chi connectivity index (χ2v) is 10.2. The van der Waals surface area contributed by atoms with Crippen LogP contribution < -0.4 is 4.74 Å². The van der Waals surface area contributed by atoms with Gasteiger partial charge in [-0.15, -0.1) is 0 Å². The zero-order valence-corrected chi connectivity index (χ0v) is 24.0. The fourth-order valence-electron chi connectivity index (χ4n) is 5.39. The molecule has 4 rings (SSSR count). The molecule has 2 heterocycles. The van der Waals surface area contributed by atoms with Crippen LogP contribution in [0.4, 0.5) is 0 Å². The predicted octanol–water partition coefficient (Wildman–Crippen LogP) is 4.22. The van der Waals surface area contributed by atoms with Crippen molar-refractivity contribution < 1.29 is 33.4 Å². The maximum Gasteiger partial charge on any atom is 0.336 e. The molecule has 0 radical (unpaired) electrons. The van der Waals surface area contributed by atoms with Gasteiger partial charge in [-0.2, -0.15) is 0 Å². The molecule has 218 valence electrons. The van der Waals surface area contributed by atoms with Crippen LogP contribution in [0.3, 0.4) is 0 Å². The number of hydrogen-bond donors (Lipinski definition) is 0. The first-order valence-corrected chi connectivity index (χ1v) is 14.2. The smallest absolute Gasteiger partial charge is 0.336 e. The van der Waals surface area contributed by atoms with Gasteiger partial charge in [0.15, 0.2) is 0 Å². The number of hydrogen-bond acceptors (Lipinski definition) is 7. The van der Waals surface area contributed by atoms with E-state index in [9.17, 15) is 19.2 Å². The zero-order valence-electron chi connectivity index (χ0n) is 24.0. The van der Waals surface area contributed by atoms with Crippen molar-refractivity contribution in [2.24, 2.45) is 5.92 Å². The third kappa shape index (κ3) is 7.34. The van der Waals surface area contributed by atoms with E-state index in [1.54, 1.807) is 25.7 Å². The van der Waals surface area contributed by atoms with E-state index in [4.69, 9.17) is 14.2 Å². The van der Waals surface area contributed by atoms with E-state index in [2.05, 4.69) is 0 Å². The van der Waals surface area contributed by atoms with Gasteiger partial charge in [0, 0.05) is 31.1 Å². The molecule has 1 saturated heterocycles. The number of amides is 2. The summed E-state index contributed by atoms with van der Waals surface area (Å²) in [6, 6.07) is 17.2. The molecule has 2 atom stereocenters. The maximum absolute atomic E-state index is 13.4. The molecule has 9 heteroatoms. The third-order valence-electron chi connectivity index (χ3n) is 7.54. The van der Waals surface area contributed by atoms with E-state index in [0.29, 0.717) is 43.0 Å². The number of allylic oxidation sites excluding steroid dienone is 1. The molecule has 2 aromatic rings. The number of esters is 2. The molecular weight excluding hydrogens is 524 g/mol. The molecule has 2 aliphatic rings. The molecule has 0 spiro atoms. The van der Waals surface area contributed by atoms with Gasteiger partial charge in [0.2, 0.25) is 11.8 Å². The van der Waals surface area contributed by atoms with Crippen molar-refractivity contribution in [3.05, 3.63) is 77.0 Å². The van der Waals surface area contributed by atoms with E-state index < -0.39 is 11.9 Å². The standard InChI is InChI=1S/C32H38N2O7/c1-4-39-31(37)25-12-9-17-33(19-25)29(36)20-34-22(3)30(32(38)40-5-2)27(18-28(34)35)24-13-15-26(16-14-24)41-21-23-10-7-6-8-11-23/h6-8,10-11,13-16,25,27H,4-5,9,12,17-21H2,1-3H3. The largest absolute Gasteiger partial charge is 0.489 e. The number of carbonyl (C=O) groups excluding carboxylic acids is 4. The van der Waals surface area contributed by atoms with Crippen molar-refractivity contribution in [1.82, 2.24) is 9.80 Å². The van der Waals surface area contributed by atoms with Crippen LogP contribution in [0.2, 0.25) is 0 Å². The van der Waals surface area contributed by atoms with E-state index >= 15 is 0 Å². The predicted molar refractivity (Wildman–Crippen MR) is 152 cm³/mol. The van der Waals surface area contributed by atoms with Crippen molar-refractivity contribution >= 4 is 23.8 Å². The van der Waals surface area contributed by atoms with Crippen LogP contribution in [0.25, 0.3) is 0 Å². The first-order chi connectivity index (χ1) is 19.8. The first-order valence-electron chi connectivity index (χ1n) is 14.2. The summed E-state index contributed by atoms with van der Waals surface area (Å²) in [5.41, 5.74) is 2.60. The molecule has 0 bridgehead atoms. The molecule has 2 amide bonds. The Morgan fingerprint density at radius 1 is 0.951 bits per heavy atom. The highest BCUT2D eigenvalue weighted by Gasteiger charge is 2.39. The van der Waals surface area contributed by atoms with Gasteiger partial charge >= 0.3 is 11.9 Å². The van der Waals surface area contributed by atoms with E-state index in [1.807, 2.05) is 54.6 Å². The number of carbonyl (C=O) groups is 4. The summed E-state index contributed by atoms with van der Waals surface area (Å²) in [7, 11) is 0. The molecule has 0 aromatic heterocycles. The molecule has 0 saturated carbocycles. The number of nitrogens with zero attached hydrogens (tertiary/aromatic N) is 2. The molecule has 2 unspecified atom stereocenters. The average molecular weight is 563 g/mol. The molecule has 0 aliphatic carbocycles. The van der Waals surface area contributed by atoms with Gasteiger partial charge in [-0.05, 0) is 56.9 Å².